The number of ether oxygens (including phenoxy) is 1. The second-order valence-electron chi connectivity index (χ2n) is 8.86. The van der Waals surface area contributed by atoms with E-state index in [0.717, 1.165) is 26.2 Å². The number of benzene rings is 1. The van der Waals surface area contributed by atoms with E-state index in [1.165, 1.54) is 24.5 Å². The summed E-state index contributed by atoms with van der Waals surface area (Å²) in [7, 11) is 0. The van der Waals surface area contributed by atoms with Crippen molar-refractivity contribution in [3.05, 3.63) is 46.9 Å². The number of carbonyl (C=O) groups is 1. The van der Waals surface area contributed by atoms with Gasteiger partial charge in [0.1, 0.15) is 12.1 Å². The van der Waals surface area contributed by atoms with Crippen LogP contribution in [0.4, 0.5) is 10.1 Å². The van der Waals surface area contributed by atoms with Gasteiger partial charge in [-0.25, -0.2) is 9.37 Å². The number of nitrogens with zero attached hydrogens (tertiary/aromatic N) is 3. The van der Waals surface area contributed by atoms with Gasteiger partial charge < -0.3 is 19.6 Å². The molecule has 2 aromatic rings. The Morgan fingerprint density at radius 3 is 2.66 bits per heavy atom. The van der Waals surface area contributed by atoms with Crippen LogP contribution in [0.1, 0.15) is 37.2 Å². The highest BCUT2D eigenvalue weighted by Crippen LogP contribution is 2.20. The summed E-state index contributed by atoms with van der Waals surface area (Å²) in [6, 6.07) is 3.94. The van der Waals surface area contributed by atoms with Crippen LogP contribution in [0, 0.1) is 5.82 Å². The number of rotatable bonds is 8. The zero-order valence-electron chi connectivity index (χ0n) is 18.6. The number of anilines is 1. The third-order valence-electron chi connectivity index (χ3n) is 4.96. The summed E-state index contributed by atoms with van der Waals surface area (Å²) in [4.78, 5) is 21.0. The Hall–Kier alpha value is -2.04. The number of amides is 1. The van der Waals surface area contributed by atoms with E-state index in [0.29, 0.717) is 31.3 Å². The molecule has 1 fully saturated rings. The van der Waals surface area contributed by atoms with E-state index >= 15 is 0 Å². The van der Waals surface area contributed by atoms with Crippen molar-refractivity contribution >= 4 is 23.2 Å². The molecule has 0 radical (unpaired) electrons. The number of nitrogens with one attached hydrogen (secondary N) is 1. The average Bonchev–Trinajstić information content (AvgIpc) is 3.19. The average molecular weight is 469 g/mol. The Kier molecular flexibility index (Phi) is 8.24. The fraction of sp³-hybridized carbons (Fsp3) is 0.545. The van der Waals surface area contributed by atoms with Gasteiger partial charge in [0.25, 0.3) is 5.91 Å². The van der Waals surface area contributed by atoms with Gasteiger partial charge in [-0.2, -0.15) is 0 Å². The number of halogens is 2. The molecule has 1 aromatic heterocycles. The first-order valence-corrected chi connectivity index (χ1v) is 10.9. The van der Waals surface area contributed by atoms with Gasteiger partial charge in [-0.1, -0.05) is 11.6 Å². The Morgan fingerprint density at radius 2 is 2.00 bits per heavy atom. The summed E-state index contributed by atoms with van der Waals surface area (Å²) in [6.07, 6.45) is 0.780. The van der Waals surface area contributed by atoms with E-state index in [1.54, 1.807) is 0 Å². The number of β-amino-alcohol motifs (C(OH)–C–C–N with tert-alkyl or cyclic N) is 1. The maximum Gasteiger partial charge on any atom is 0.277 e. The van der Waals surface area contributed by atoms with Gasteiger partial charge in [-0.15, -0.1) is 0 Å². The SMILES string of the molecule is CC(C)(C)OC[C@@H](O)CN1CCN(Cc2nc(C(=O)Nc3ccc(F)c(Cl)c3)co2)CC1. The maximum atomic E-state index is 13.3. The topological polar surface area (TPSA) is 91.1 Å². The second-order valence-corrected chi connectivity index (χ2v) is 9.27. The zero-order valence-corrected chi connectivity index (χ0v) is 19.4. The molecule has 10 heteroatoms. The predicted octanol–water partition coefficient (Wildman–Crippen LogP) is 3.01. The lowest BCUT2D eigenvalue weighted by molar-refractivity contribution is -0.0588. The Labute approximate surface area is 192 Å². The predicted molar refractivity (Wildman–Crippen MR) is 119 cm³/mol. The van der Waals surface area contributed by atoms with Crippen LogP contribution in [0.2, 0.25) is 5.02 Å². The van der Waals surface area contributed by atoms with E-state index in [4.69, 9.17) is 20.8 Å². The number of oxazole rings is 1. The largest absolute Gasteiger partial charge is 0.447 e. The lowest BCUT2D eigenvalue weighted by atomic mass is 10.2. The smallest absolute Gasteiger partial charge is 0.277 e. The second kappa shape index (κ2) is 10.7. The van der Waals surface area contributed by atoms with Crippen molar-refractivity contribution in [3.8, 4) is 0 Å². The fourth-order valence-electron chi connectivity index (χ4n) is 3.28. The van der Waals surface area contributed by atoms with E-state index in [-0.39, 0.29) is 16.3 Å². The summed E-state index contributed by atoms with van der Waals surface area (Å²) < 4.78 is 24.3. The van der Waals surface area contributed by atoms with Crippen LogP contribution in [0.25, 0.3) is 0 Å². The number of hydrogen-bond acceptors (Lipinski definition) is 7. The van der Waals surface area contributed by atoms with Gasteiger partial charge in [0.05, 0.1) is 29.9 Å². The molecule has 32 heavy (non-hydrogen) atoms. The van der Waals surface area contributed by atoms with Gasteiger partial charge >= 0.3 is 0 Å². The van der Waals surface area contributed by atoms with Crippen molar-refractivity contribution in [2.45, 2.75) is 39.0 Å². The van der Waals surface area contributed by atoms with Crippen LogP contribution in [-0.4, -0.2) is 76.8 Å². The fourth-order valence-corrected chi connectivity index (χ4v) is 3.46. The van der Waals surface area contributed by atoms with Crippen LogP contribution in [-0.2, 0) is 11.3 Å². The number of aliphatic hydroxyl groups is 1. The van der Waals surface area contributed by atoms with Crippen molar-refractivity contribution in [2.24, 2.45) is 0 Å². The Balaban J connectivity index is 1.43. The molecule has 1 saturated heterocycles. The minimum Gasteiger partial charge on any atom is -0.447 e. The van der Waals surface area contributed by atoms with Crippen molar-refractivity contribution in [1.82, 2.24) is 14.8 Å². The van der Waals surface area contributed by atoms with E-state index in [2.05, 4.69) is 20.1 Å². The van der Waals surface area contributed by atoms with Gasteiger partial charge in [0.15, 0.2) is 5.69 Å². The Bertz CT molecular complexity index is 910. The van der Waals surface area contributed by atoms with Crippen molar-refractivity contribution in [2.75, 3.05) is 44.6 Å². The quantitative estimate of drug-likeness (QED) is 0.615. The minimum absolute atomic E-state index is 0.0722. The van der Waals surface area contributed by atoms with E-state index in [1.807, 2.05) is 20.8 Å². The van der Waals surface area contributed by atoms with Crippen LogP contribution in [0.15, 0.2) is 28.9 Å². The first kappa shape index (κ1) is 24.6. The number of hydrogen-bond donors (Lipinski definition) is 2. The van der Waals surface area contributed by atoms with Crippen LogP contribution in [0.5, 0.6) is 0 Å². The van der Waals surface area contributed by atoms with Crippen molar-refractivity contribution in [3.63, 3.8) is 0 Å². The molecule has 1 aliphatic rings. The highest BCUT2D eigenvalue weighted by molar-refractivity contribution is 6.31. The summed E-state index contributed by atoms with van der Waals surface area (Å²) in [5.41, 5.74) is 0.246. The molecule has 1 amide bonds. The van der Waals surface area contributed by atoms with Crippen LogP contribution >= 0.6 is 11.6 Å². The number of piperazine rings is 1. The number of aliphatic hydroxyl groups excluding tert-OH is 1. The van der Waals surface area contributed by atoms with Gasteiger partial charge in [0, 0.05) is 38.4 Å². The highest BCUT2D eigenvalue weighted by atomic mass is 35.5. The molecular formula is C22H30ClFN4O4. The summed E-state index contributed by atoms with van der Waals surface area (Å²) >= 11 is 5.74. The van der Waals surface area contributed by atoms with Crippen molar-refractivity contribution in [1.29, 1.82) is 0 Å². The zero-order chi connectivity index (χ0) is 23.3. The molecule has 0 bridgehead atoms. The molecule has 0 spiro atoms. The normalized spacial score (nSPS) is 16.8. The minimum atomic E-state index is -0.554. The molecule has 176 valence electrons. The lowest BCUT2D eigenvalue weighted by Crippen LogP contribution is -2.49. The van der Waals surface area contributed by atoms with Crippen molar-refractivity contribution < 1.29 is 23.4 Å². The van der Waals surface area contributed by atoms with E-state index in [9.17, 15) is 14.3 Å². The third-order valence-corrected chi connectivity index (χ3v) is 5.25. The highest BCUT2D eigenvalue weighted by Gasteiger charge is 2.22. The summed E-state index contributed by atoms with van der Waals surface area (Å²) in [5, 5.41) is 12.7. The molecular weight excluding hydrogens is 439 g/mol. The monoisotopic (exact) mass is 468 g/mol. The van der Waals surface area contributed by atoms with E-state index < -0.39 is 17.8 Å². The molecule has 1 atom stereocenters. The molecule has 2 heterocycles. The molecule has 0 aliphatic carbocycles. The standard InChI is InChI=1S/C22H30ClFN4O4/c1-22(2,3)32-13-16(29)11-27-6-8-28(9-7-27)12-20-26-19(14-31-20)21(30)25-15-4-5-18(24)17(23)10-15/h4-5,10,14,16,29H,6-9,11-13H2,1-3H3,(H,25,30)/t16-/m0/s1. The summed E-state index contributed by atoms with van der Waals surface area (Å²) in [6.45, 7) is 10.5. The van der Waals surface area contributed by atoms with Gasteiger partial charge in [0.2, 0.25) is 5.89 Å². The number of aromatic nitrogens is 1. The number of carbonyl (C=O) groups excluding carboxylic acids is 1. The lowest BCUT2D eigenvalue weighted by Gasteiger charge is -2.35. The van der Waals surface area contributed by atoms with Crippen LogP contribution in [0.3, 0.4) is 0 Å². The maximum absolute atomic E-state index is 13.3. The first-order valence-electron chi connectivity index (χ1n) is 10.6. The molecule has 0 unspecified atom stereocenters. The van der Waals surface area contributed by atoms with Gasteiger partial charge in [-0.05, 0) is 39.0 Å². The Morgan fingerprint density at radius 1 is 1.31 bits per heavy atom. The first-order chi connectivity index (χ1) is 15.1. The van der Waals surface area contributed by atoms with Gasteiger partial charge in [-0.3, -0.25) is 14.6 Å². The van der Waals surface area contributed by atoms with Crippen LogP contribution < -0.4 is 5.32 Å². The molecule has 1 aromatic carbocycles. The third kappa shape index (κ3) is 7.53. The summed E-state index contributed by atoms with van der Waals surface area (Å²) in [5.74, 6) is -0.570. The molecule has 0 saturated carbocycles. The molecule has 8 nitrogen and oxygen atoms in total. The molecule has 2 N–H and O–H groups in total. The molecule has 1 aliphatic heterocycles. The molecule has 3 rings (SSSR count).